The van der Waals surface area contributed by atoms with Gasteiger partial charge in [-0.3, -0.25) is 9.78 Å². The minimum atomic E-state index is 0.152. The Balaban J connectivity index is 1.42. The van der Waals surface area contributed by atoms with E-state index in [0.29, 0.717) is 13.0 Å². The van der Waals surface area contributed by atoms with Crippen molar-refractivity contribution in [2.75, 3.05) is 20.2 Å². The first-order valence-corrected chi connectivity index (χ1v) is 11.9. The van der Waals surface area contributed by atoms with Crippen LogP contribution in [0.1, 0.15) is 41.3 Å². The number of benzene rings is 1. The molecular weight excluding hydrogens is 420 g/mol. The summed E-state index contributed by atoms with van der Waals surface area (Å²) >= 11 is 1.60. The van der Waals surface area contributed by atoms with Crippen LogP contribution in [0, 0.1) is 6.92 Å². The highest BCUT2D eigenvalue weighted by Crippen LogP contribution is 2.30. The number of carbonyl (C=O) groups excluding carboxylic acids is 1. The highest BCUT2D eigenvalue weighted by Gasteiger charge is 2.27. The van der Waals surface area contributed by atoms with Crippen LogP contribution in [0.4, 0.5) is 0 Å². The molecule has 166 valence electrons. The first-order valence-electron chi connectivity index (χ1n) is 10.9. The standard InChI is InChI=1S/C25H28N4O2S/c1-18-15-27-25(32-17-21-9-3-4-11-26-21)28-24(18)20-8-6-12-29(16-20)23(30)14-19-7-5-10-22(13-19)31-2/h3-5,7,9-11,13,15,20H,6,8,12,14,16-17H2,1-2H3/t20-/m0/s1. The van der Waals surface area contributed by atoms with Gasteiger partial charge >= 0.3 is 0 Å². The Kier molecular flexibility index (Phi) is 7.37. The molecule has 0 spiro atoms. The van der Waals surface area contributed by atoms with Gasteiger partial charge in [0.25, 0.3) is 0 Å². The van der Waals surface area contributed by atoms with Crippen LogP contribution in [0.15, 0.2) is 60.0 Å². The summed E-state index contributed by atoms with van der Waals surface area (Å²) in [7, 11) is 1.64. The third kappa shape index (κ3) is 5.65. The molecule has 0 saturated carbocycles. The predicted octanol–water partition coefficient (Wildman–Crippen LogP) is 4.43. The number of hydrogen-bond acceptors (Lipinski definition) is 6. The summed E-state index contributed by atoms with van der Waals surface area (Å²) in [5, 5.41) is 0.760. The zero-order valence-corrected chi connectivity index (χ0v) is 19.3. The number of rotatable bonds is 7. The van der Waals surface area contributed by atoms with E-state index in [4.69, 9.17) is 9.72 Å². The Morgan fingerprint density at radius 3 is 2.94 bits per heavy atom. The summed E-state index contributed by atoms with van der Waals surface area (Å²) in [6, 6.07) is 13.6. The number of aryl methyl sites for hydroxylation is 1. The maximum absolute atomic E-state index is 13.0. The fourth-order valence-electron chi connectivity index (χ4n) is 4.04. The van der Waals surface area contributed by atoms with E-state index in [2.05, 4.69) is 16.9 Å². The molecule has 0 aliphatic carbocycles. The molecule has 6 nitrogen and oxygen atoms in total. The van der Waals surface area contributed by atoms with Crippen molar-refractivity contribution in [1.29, 1.82) is 0 Å². The predicted molar refractivity (Wildman–Crippen MR) is 126 cm³/mol. The number of piperidine rings is 1. The molecule has 7 heteroatoms. The van der Waals surface area contributed by atoms with Crippen molar-refractivity contribution in [1.82, 2.24) is 19.9 Å². The summed E-state index contributed by atoms with van der Waals surface area (Å²) in [4.78, 5) is 28.7. The molecule has 2 aromatic heterocycles. The Hall–Kier alpha value is -2.93. The van der Waals surface area contributed by atoms with E-state index in [1.807, 2.05) is 53.6 Å². The maximum Gasteiger partial charge on any atom is 0.227 e. The van der Waals surface area contributed by atoms with Gasteiger partial charge in [-0.2, -0.15) is 0 Å². The minimum absolute atomic E-state index is 0.152. The van der Waals surface area contributed by atoms with Gasteiger partial charge in [-0.15, -0.1) is 0 Å². The Morgan fingerprint density at radius 1 is 1.22 bits per heavy atom. The second-order valence-electron chi connectivity index (χ2n) is 8.04. The van der Waals surface area contributed by atoms with E-state index < -0.39 is 0 Å². The highest BCUT2D eigenvalue weighted by atomic mass is 32.2. The third-order valence-electron chi connectivity index (χ3n) is 5.71. The monoisotopic (exact) mass is 448 g/mol. The van der Waals surface area contributed by atoms with Crippen molar-refractivity contribution in [3.05, 3.63) is 77.4 Å². The molecule has 1 fully saturated rings. The van der Waals surface area contributed by atoms with Gasteiger partial charge in [0, 0.05) is 37.2 Å². The van der Waals surface area contributed by atoms with E-state index in [0.717, 1.165) is 58.6 Å². The lowest BCUT2D eigenvalue weighted by Crippen LogP contribution is -2.40. The lowest BCUT2D eigenvalue weighted by molar-refractivity contribution is -0.131. The zero-order chi connectivity index (χ0) is 22.3. The van der Waals surface area contributed by atoms with Crippen LogP contribution in [0.25, 0.3) is 0 Å². The highest BCUT2D eigenvalue weighted by molar-refractivity contribution is 7.98. The van der Waals surface area contributed by atoms with Crippen molar-refractivity contribution < 1.29 is 9.53 Å². The summed E-state index contributed by atoms with van der Waals surface area (Å²) in [6.07, 6.45) is 6.11. The zero-order valence-electron chi connectivity index (χ0n) is 18.5. The average molecular weight is 449 g/mol. The van der Waals surface area contributed by atoms with Gasteiger partial charge in [0.2, 0.25) is 5.91 Å². The van der Waals surface area contributed by atoms with E-state index in [9.17, 15) is 4.79 Å². The fraction of sp³-hybridized carbons (Fsp3) is 0.360. The number of thioether (sulfide) groups is 1. The van der Waals surface area contributed by atoms with Crippen LogP contribution in [0.2, 0.25) is 0 Å². The van der Waals surface area contributed by atoms with Crippen LogP contribution in [-0.4, -0.2) is 46.0 Å². The first-order chi connectivity index (χ1) is 15.6. The molecule has 0 radical (unpaired) electrons. The number of amides is 1. The summed E-state index contributed by atoms with van der Waals surface area (Å²) < 4.78 is 5.28. The Morgan fingerprint density at radius 2 is 2.12 bits per heavy atom. The summed E-state index contributed by atoms with van der Waals surface area (Å²) in [6.45, 7) is 3.55. The normalized spacial score (nSPS) is 16.1. The Labute approximate surface area is 193 Å². The topological polar surface area (TPSA) is 68.2 Å². The van der Waals surface area contributed by atoms with Crippen molar-refractivity contribution in [2.45, 2.75) is 43.0 Å². The Bertz CT molecular complexity index is 1060. The van der Waals surface area contributed by atoms with Gasteiger partial charge in [0.05, 0.1) is 24.9 Å². The molecule has 1 saturated heterocycles. The third-order valence-corrected chi connectivity index (χ3v) is 6.61. The van der Waals surface area contributed by atoms with Crippen LogP contribution in [0.5, 0.6) is 5.75 Å². The van der Waals surface area contributed by atoms with E-state index in [-0.39, 0.29) is 11.8 Å². The SMILES string of the molecule is COc1cccc(CC(=O)N2CCC[C@H](c3nc(SCc4ccccn4)ncc3C)C2)c1. The van der Waals surface area contributed by atoms with Crippen molar-refractivity contribution in [2.24, 2.45) is 0 Å². The van der Waals surface area contributed by atoms with Gasteiger partial charge in [0.1, 0.15) is 5.75 Å². The van der Waals surface area contributed by atoms with Gasteiger partial charge in [-0.1, -0.05) is 30.0 Å². The fourth-order valence-corrected chi connectivity index (χ4v) is 4.78. The molecule has 3 aromatic rings. The molecule has 32 heavy (non-hydrogen) atoms. The van der Waals surface area contributed by atoms with Crippen LogP contribution in [0.3, 0.4) is 0 Å². The number of aromatic nitrogens is 3. The van der Waals surface area contributed by atoms with Crippen LogP contribution >= 0.6 is 11.8 Å². The lowest BCUT2D eigenvalue weighted by atomic mass is 9.92. The molecular formula is C25H28N4O2S. The average Bonchev–Trinajstić information content (AvgIpc) is 2.84. The number of hydrogen-bond donors (Lipinski definition) is 0. The number of likely N-dealkylation sites (tertiary alicyclic amines) is 1. The van der Waals surface area contributed by atoms with Gasteiger partial charge in [-0.25, -0.2) is 9.97 Å². The van der Waals surface area contributed by atoms with Crippen molar-refractivity contribution in [3.63, 3.8) is 0 Å². The maximum atomic E-state index is 13.0. The summed E-state index contributed by atoms with van der Waals surface area (Å²) in [5.41, 5.74) is 4.12. The van der Waals surface area contributed by atoms with E-state index in [1.165, 1.54) is 0 Å². The molecule has 3 heterocycles. The molecule has 1 aromatic carbocycles. The molecule has 0 N–H and O–H groups in total. The van der Waals surface area contributed by atoms with Crippen molar-refractivity contribution in [3.8, 4) is 5.75 Å². The number of nitrogens with zero attached hydrogens (tertiary/aromatic N) is 4. The molecule has 0 bridgehead atoms. The second kappa shape index (κ2) is 10.6. The van der Waals surface area contributed by atoms with Gasteiger partial charge in [0.15, 0.2) is 5.16 Å². The van der Waals surface area contributed by atoms with Crippen LogP contribution in [-0.2, 0) is 17.0 Å². The number of carbonyl (C=O) groups is 1. The van der Waals surface area contributed by atoms with E-state index >= 15 is 0 Å². The molecule has 1 aliphatic rings. The number of pyridine rings is 1. The lowest BCUT2D eigenvalue weighted by Gasteiger charge is -2.33. The largest absolute Gasteiger partial charge is 0.497 e. The van der Waals surface area contributed by atoms with Gasteiger partial charge in [-0.05, 0) is 55.2 Å². The molecule has 1 aliphatic heterocycles. The quantitative estimate of drug-likeness (QED) is 0.393. The van der Waals surface area contributed by atoms with E-state index in [1.54, 1.807) is 25.1 Å². The van der Waals surface area contributed by atoms with Crippen molar-refractivity contribution >= 4 is 17.7 Å². The second-order valence-corrected chi connectivity index (χ2v) is 8.98. The summed E-state index contributed by atoms with van der Waals surface area (Å²) in [5.74, 6) is 1.90. The first kappa shape index (κ1) is 22.3. The molecule has 4 rings (SSSR count). The molecule has 1 atom stereocenters. The molecule has 1 amide bonds. The minimum Gasteiger partial charge on any atom is -0.497 e. The van der Waals surface area contributed by atoms with Gasteiger partial charge < -0.3 is 9.64 Å². The molecule has 0 unspecified atom stereocenters. The van der Waals surface area contributed by atoms with Crippen LogP contribution < -0.4 is 4.74 Å². The smallest absolute Gasteiger partial charge is 0.227 e. The number of ether oxygens (including phenoxy) is 1. The number of methoxy groups -OCH3 is 1.